The number of likely N-dealkylation sites (N-methyl/N-ethyl adjacent to an activating group) is 1. The van der Waals surface area contributed by atoms with E-state index in [1.54, 1.807) is 0 Å². The predicted octanol–water partition coefficient (Wildman–Crippen LogP) is 3.33. The fraction of sp³-hybridized carbons (Fsp3) is 0.560. The number of morpholine rings is 1. The van der Waals surface area contributed by atoms with Crippen LogP contribution in [0.5, 0.6) is 0 Å². The van der Waals surface area contributed by atoms with Crippen molar-refractivity contribution in [1.82, 2.24) is 15.2 Å². The summed E-state index contributed by atoms with van der Waals surface area (Å²) < 4.78 is 5.68. The molecule has 3 atom stereocenters. The Hall–Kier alpha value is -1.95. The van der Waals surface area contributed by atoms with Crippen molar-refractivity contribution in [2.75, 3.05) is 38.3 Å². The van der Waals surface area contributed by atoms with Crippen LogP contribution in [-0.2, 0) is 24.1 Å². The molecular formula is C25H34N4O. The van der Waals surface area contributed by atoms with E-state index in [0.717, 1.165) is 39.3 Å². The Balaban J connectivity index is 1.33. The summed E-state index contributed by atoms with van der Waals surface area (Å²) in [6.07, 6.45) is 6.68. The average Bonchev–Trinajstić information content (AvgIpc) is 2.79. The van der Waals surface area contributed by atoms with E-state index in [1.165, 1.54) is 47.3 Å². The molecule has 1 aromatic carbocycles. The first-order chi connectivity index (χ1) is 14.7. The highest BCUT2D eigenvalue weighted by atomic mass is 16.5. The van der Waals surface area contributed by atoms with Crippen LogP contribution in [0.25, 0.3) is 0 Å². The fourth-order valence-electron chi connectivity index (χ4n) is 5.57. The molecule has 3 heterocycles. The van der Waals surface area contributed by atoms with Gasteiger partial charge in [-0.3, -0.25) is 9.88 Å². The van der Waals surface area contributed by atoms with Crippen LogP contribution in [0.3, 0.4) is 0 Å². The molecule has 5 heteroatoms. The number of aryl methyl sites for hydroxylation is 1. The molecule has 0 unspecified atom stereocenters. The normalized spacial score (nSPS) is 26.4. The van der Waals surface area contributed by atoms with Gasteiger partial charge in [-0.1, -0.05) is 18.2 Å². The Morgan fingerprint density at radius 3 is 3.03 bits per heavy atom. The molecule has 5 nitrogen and oxygen atoms in total. The van der Waals surface area contributed by atoms with Gasteiger partial charge in [0.1, 0.15) is 0 Å². The van der Waals surface area contributed by atoms with Gasteiger partial charge in [-0.15, -0.1) is 0 Å². The van der Waals surface area contributed by atoms with Crippen LogP contribution < -0.4 is 10.2 Å². The third-order valence-corrected chi connectivity index (χ3v) is 7.16. The van der Waals surface area contributed by atoms with Gasteiger partial charge in [0, 0.05) is 43.6 Å². The number of pyridine rings is 1. The summed E-state index contributed by atoms with van der Waals surface area (Å²) in [5.41, 5.74) is 7.14. The monoisotopic (exact) mass is 406 g/mol. The molecule has 2 aromatic rings. The maximum absolute atomic E-state index is 5.68. The van der Waals surface area contributed by atoms with E-state index in [-0.39, 0.29) is 0 Å². The quantitative estimate of drug-likeness (QED) is 0.843. The topological polar surface area (TPSA) is 40.6 Å². The molecule has 1 fully saturated rings. The van der Waals surface area contributed by atoms with E-state index in [4.69, 9.17) is 9.72 Å². The van der Waals surface area contributed by atoms with Crippen molar-refractivity contribution in [3.8, 4) is 0 Å². The molecular weight excluding hydrogens is 372 g/mol. The molecule has 1 saturated heterocycles. The molecule has 0 amide bonds. The summed E-state index contributed by atoms with van der Waals surface area (Å²) in [6, 6.07) is 12.5. The second-order valence-corrected chi connectivity index (χ2v) is 9.21. The van der Waals surface area contributed by atoms with Crippen LogP contribution in [0.1, 0.15) is 48.2 Å². The number of aromatic nitrogens is 1. The van der Waals surface area contributed by atoms with Gasteiger partial charge in [0.05, 0.1) is 24.9 Å². The van der Waals surface area contributed by atoms with E-state index in [0.29, 0.717) is 18.1 Å². The first-order valence-corrected chi connectivity index (χ1v) is 11.5. The Labute approximate surface area is 180 Å². The molecule has 1 N–H and O–H groups in total. The second kappa shape index (κ2) is 8.66. The van der Waals surface area contributed by atoms with Gasteiger partial charge in [-0.05, 0) is 68.5 Å². The molecule has 1 aliphatic carbocycles. The molecule has 3 aliphatic rings. The highest BCUT2D eigenvalue weighted by Gasteiger charge is 2.30. The zero-order valence-electron chi connectivity index (χ0n) is 18.3. The number of nitrogens with zero attached hydrogens (tertiary/aromatic N) is 3. The van der Waals surface area contributed by atoms with Crippen molar-refractivity contribution in [3.63, 3.8) is 0 Å². The first kappa shape index (κ1) is 20.0. The largest absolute Gasteiger partial charge is 0.377 e. The standard InChI is InChI=1S/C25H34N4O/c1-18-17-30-13-12-29(18)23-9-4-7-20-15-27-21(14-22(20)23)16-28(2)24-10-3-6-19-8-5-11-26-25(19)24/h4-5,7-9,11,18,21,24,27H,3,6,10,12-17H2,1-2H3/t18-,21+,24-/m0/s1. The lowest BCUT2D eigenvalue weighted by atomic mass is 9.89. The Morgan fingerprint density at radius 2 is 2.13 bits per heavy atom. The molecule has 0 bridgehead atoms. The highest BCUT2D eigenvalue weighted by molar-refractivity contribution is 5.59. The number of hydrogen-bond acceptors (Lipinski definition) is 5. The number of ether oxygens (including phenoxy) is 1. The average molecular weight is 407 g/mol. The summed E-state index contributed by atoms with van der Waals surface area (Å²) in [7, 11) is 2.28. The summed E-state index contributed by atoms with van der Waals surface area (Å²) in [5, 5.41) is 3.81. The van der Waals surface area contributed by atoms with Crippen molar-refractivity contribution in [1.29, 1.82) is 0 Å². The number of benzene rings is 1. The second-order valence-electron chi connectivity index (χ2n) is 9.21. The molecule has 1 aromatic heterocycles. The lowest BCUT2D eigenvalue weighted by Gasteiger charge is -2.40. The van der Waals surface area contributed by atoms with Gasteiger partial charge in [-0.2, -0.15) is 0 Å². The third-order valence-electron chi connectivity index (χ3n) is 7.16. The van der Waals surface area contributed by atoms with Crippen LogP contribution in [0.15, 0.2) is 36.5 Å². The van der Waals surface area contributed by atoms with Crippen molar-refractivity contribution in [2.24, 2.45) is 0 Å². The minimum atomic E-state index is 0.436. The number of rotatable bonds is 4. The Morgan fingerprint density at radius 1 is 1.23 bits per heavy atom. The van der Waals surface area contributed by atoms with Gasteiger partial charge >= 0.3 is 0 Å². The van der Waals surface area contributed by atoms with Crippen LogP contribution in [0.2, 0.25) is 0 Å². The van der Waals surface area contributed by atoms with Gasteiger partial charge in [0.25, 0.3) is 0 Å². The van der Waals surface area contributed by atoms with Crippen molar-refractivity contribution in [2.45, 2.75) is 57.3 Å². The Kier molecular flexibility index (Phi) is 5.77. The van der Waals surface area contributed by atoms with Crippen LogP contribution in [0, 0.1) is 0 Å². The summed E-state index contributed by atoms with van der Waals surface area (Å²) in [4.78, 5) is 9.84. The maximum Gasteiger partial charge on any atom is 0.0668 e. The summed E-state index contributed by atoms with van der Waals surface area (Å²) in [6.45, 7) is 6.92. The zero-order valence-corrected chi connectivity index (χ0v) is 18.3. The smallest absolute Gasteiger partial charge is 0.0668 e. The van der Waals surface area contributed by atoms with Crippen LogP contribution in [0.4, 0.5) is 5.69 Å². The van der Waals surface area contributed by atoms with Gasteiger partial charge < -0.3 is 15.0 Å². The number of fused-ring (bicyclic) bond motifs is 2. The Bertz CT molecular complexity index is 885. The van der Waals surface area contributed by atoms with Crippen molar-refractivity contribution < 1.29 is 4.74 Å². The van der Waals surface area contributed by atoms with Gasteiger partial charge in [0.15, 0.2) is 0 Å². The predicted molar refractivity (Wildman–Crippen MR) is 121 cm³/mol. The molecule has 0 radical (unpaired) electrons. The number of nitrogens with one attached hydrogen (secondary N) is 1. The molecule has 30 heavy (non-hydrogen) atoms. The number of hydrogen-bond donors (Lipinski definition) is 1. The minimum absolute atomic E-state index is 0.436. The fourth-order valence-corrected chi connectivity index (χ4v) is 5.57. The SMILES string of the molecule is C[C@H]1COCCN1c1cccc2c1C[C@H](CN(C)[C@H]1CCCc3cccnc31)NC2. The molecule has 2 aliphatic heterocycles. The van der Waals surface area contributed by atoms with E-state index < -0.39 is 0 Å². The lowest BCUT2D eigenvalue weighted by molar-refractivity contribution is 0.0988. The third kappa shape index (κ3) is 3.86. The van der Waals surface area contributed by atoms with Crippen molar-refractivity contribution in [3.05, 3.63) is 58.9 Å². The number of anilines is 1. The van der Waals surface area contributed by atoms with Gasteiger partial charge in [-0.25, -0.2) is 0 Å². The van der Waals surface area contributed by atoms with E-state index in [2.05, 4.69) is 59.4 Å². The summed E-state index contributed by atoms with van der Waals surface area (Å²) in [5.74, 6) is 0. The highest BCUT2D eigenvalue weighted by Crippen LogP contribution is 2.34. The minimum Gasteiger partial charge on any atom is -0.377 e. The van der Waals surface area contributed by atoms with E-state index >= 15 is 0 Å². The van der Waals surface area contributed by atoms with Crippen molar-refractivity contribution >= 4 is 5.69 Å². The zero-order chi connectivity index (χ0) is 20.5. The van der Waals surface area contributed by atoms with Crippen LogP contribution >= 0.6 is 0 Å². The first-order valence-electron chi connectivity index (χ1n) is 11.5. The van der Waals surface area contributed by atoms with Gasteiger partial charge in [0.2, 0.25) is 0 Å². The van der Waals surface area contributed by atoms with Crippen LogP contribution in [-0.4, -0.2) is 55.3 Å². The maximum atomic E-state index is 5.68. The molecule has 0 spiro atoms. The lowest BCUT2D eigenvalue weighted by Crippen LogP contribution is -2.47. The molecule has 0 saturated carbocycles. The summed E-state index contributed by atoms with van der Waals surface area (Å²) >= 11 is 0. The molecule has 160 valence electrons. The van der Waals surface area contributed by atoms with E-state index in [1.807, 2.05) is 6.20 Å². The molecule has 5 rings (SSSR count). The van der Waals surface area contributed by atoms with E-state index in [9.17, 15) is 0 Å².